The minimum Gasteiger partial charge on any atom is -0.508 e. The first-order valence-corrected chi connectivity index (χ1v) is 13.3. The molecular formula is C30H40N2O7. The Kier molecular flexibility index (Phi) is 10.9. The Bertz CT molecular complexity index is 1100. The van der Waals surface area contributed by atoms with Crippen LogP contribution in [0.3, 0.4) is 0 Å². The molecule has 1 heterocycles. The Balaban J connectivity index is 1.57. The summed E-state index contributed by atoms with van der Waals surface area (Å²) >= 11 is 0. The van der Waals surface area contributed by atoms with E-state index in [-0.39, 0.29) is 36.6 Å². The molecule has 39 heavy (non-hydrogen) atoms. The van der Waals surface area contributed by atoms with Crippen molar-refractivity contribution in [3.05, 3.63) is 65.7 Å². The standard InChI is InChI=1S/C30H40N2O7/c1-30(2,3)27(31-26(34)17-22-12-8-13-23(33)16-22)28(35)32-19-24(18-25(32)29(36)37-4)39-15-9-14-38-20-21-10-6-5-7-11-21/h5-8,10-13,16,24-25,27,33H,9,14-15,17-20H2,1-4H3,(H,31,34)/t24-,25-,27+/m0/s1. The van der Waals surface area contributed by atoms with Crippen LogP contribution in [0.4, 0.5) is 0 Å². The van der Waals surface area contributed by atoms with E-state index in [1.54, 1.807) is 12.1 Å². The monoisotopic (exact) mass is 540 g/mol. The molecule has 0 spiro atoms. The van der Waals surface area contributed by atoms with Gasteiger partial charge in [-0.1, -0.05) is 63.2 Å². The van der Waals surface area contributed by atoms with Crippen LogP contribution in [0.15, 0.2) is 54.6 Å². The molecule has 2 aromatic carbocycles. The lowest BCUT2D eigenvalue weighted by atomic mass is 9.85. The average Bonchev–Trinajstić information content (AvgIpc) is 3.32. The summed E-state index contributed by atoms with van der Waals surface area (Å²) in [6, 6.07) is 14.7. The number of amides is 2. The van der Waals surface area contributed by atoms with Gasteiger partial charge in [-0.05, 0) is 35.1 Å². The molecule has 1 fully saturated rings. The number of carbonyl (C=O) groups excluding carboxylic acids is 3. The summed E-state index contributed by atoms with van der Waals surface area (Å²) < 4.78 is 16.7. The van der Waals surface area contributed by atoms with E-state index in [9.17, 15) is 19.5 Å². The van der Waals surface area contributed by atoms with Gasteiger partial charge in [0.15, 0.2) is 0 Å². The van der Waals surface area contributed by atoms with Crippen molar-refractivity contribution in [1.29, 1.82) is 0 Å². The van der Waals surface area contributed by atoms with Crippen molar-refractivity contribution in [3.63, 3.8) is 0 Å². The zero-order chi connectivity index (χ0) is 28.4. The van der Waals surface area contributed by atoms with E-state index < -0.39 is 23.5 Å². The van der Waals surface area contributed by atoms with Crippen molar-refractivity contribution in [1.82, 2.24) is 10.2 Å². The summed E-state index contributed by atoms with van der Waals surface area (Å²) in [5, 5.41) is 12.5. The number of nitrogens with one attached hydrogen (secondary N) is 1. The van der Waals surface area contributed by atoms with Crippen LogP contribution in [0.2, 0.25) is 0 Å². The Morgan fingerprint density at radius 2 is 1.77 bits per heavy atom. The molecule has 2 N–H and O–H groups in total. The zero-order valence-corrected chi connectivity index (χ0v) is 23.2. The highest BCUT2D eigenvalue weighted by Crippen LogP contribution is 2.28. The number of nitrogens with zero attached hydrogens (tertiary/aromatic N) is 1. The summed E-state index contributed by atoms with van der Waals surface area (Å²) in [4.78, 5) is 40.7. The maximum absolute atomic E-state index is 13.7. The molecule has 212 valence electrons. The van der Waals surface area contributed by atoms with E-state index in [2.05, 4.69) is 5.32 Å². The molecule has 9 heteroatoms. The summed E-state index contributed by atoms with van der Waals surface area (Å²) in [5.41, 5.74) is 1.11. The predicted octanol–water partition coefficient (Wildman–Crippen LogP) is 3.23. The van der Waals surface area contributed by atoms with Crippen LogP contribution in [0, 0.1) is 5.41 Å². The molecule has 3 rings (SSSR count). The van der Waals surface area contributed by atoms with Gasteiger partial charge in [0.1, 0.15) is 17.8 Å². The van der Waals surface area contributed by atoms with Gasteiger partial charge in [-0.15, -0.1) is 0 Å². The third-order valence-corrected chi connectivity index (χ3v) is 6.61. The van der Waals surface area contributed by atoms with E-state index in [1.807, 2.05) is 51.1 Å². The third kappa shape index (κ3) is 9.07. The summed E-state index contributed by atoms with van der Waals surface area (Å²) in [6.07, 6.45) is 0.663. The van der Waals surface area contributed by atoms with Crippen LogP contribution in [0.5, 0.6) is 5.75 Å². The highest BCUT2D eigenvalue weighted by Gasteiger charge is 2.45. The molecule has 0 saturated carbocycles. The van der Waals surface area contributed by atoms with Gasteiger partial charge in [0, 0.05) is 26.2 Å². The number of esters is 1. The van der Waals surface area contributed by atoms with Crippen LogP contribution >= 0.6 is 0 Å². The molecule has 2 aromatic rings. The highest BCUT2D eigenvalue weighted by atomic mass is 16.5. The summed E-state index contributed by atoms with van der Waals surface area (Å²) in [6.45, 7) is 7.28. The van der Waals surface area contributed by atoms with Gasteiger partial charge in [-0.3, -0.25) is 9.59 Å². The van der Waals surface area contributed by atoms with Crippen molar-refractivity contribution >= 4 is 17.8 Å². The van der Waals surface area contributed by atoms with Gasteiger partial charge in [0.2, 0.25) is 11.8 Å². The number of hydrogen-bond donors (Lipinski definition) is 2. The van der Waals surface area contributed by atoms with Crippen molar-refractivity contribution in [2.45, 2.75) is 64.8 Å². The fraction of sp³-hybridized carbons (Fsp3) is 0.500. The Morgan fingerprint density at radius 1 is 1.05 bits per heavy atom. The molecule has 0 aromatic heterocycles. The van der Waals surface area contributed by atoms with Gasteiger partial charge in [0.25, 0.3) is 0 Å². The molecular weight excluding hydrogens is 500 g/mol. The molecule has 1 aliphatic rings. The number of aromatic hydroxyl groups is 1. The predicted molar refractivity (Wildman–Crippen MR) is 146 cm³/mol. The minimum atomic E-state index is -0.875. The maximum atomic E-state index is 13.7. The quantitative estimate of drug-likeness (QED) is 0.314. The number of ether oxygens (including phenoxy) is 3. The first-order valence-electron chi connectivity index (χ1n) is 13.3. The van der Waals surface area contributed by atoms with Gasteiger partial charge >= 0.3 is 5.97 Å². The number of carbonyl (C=O) groups is 3. The van der Waals surface area contributed by atoms with Crippen molar-refractivity contribution < 1.29 is 33.7 Å². The Hall–Kier alpha value is -3.43. The molecule has 0 bridgehead atoms. The fourth-order valence-corrected chi connectivity index (χ4v) is 4.57. The van der Waals surface area contributed by atoms with Crippen molar-refractivity contribution in [2.24, 2.45) is 5.41 Å². The molecule has 1 saturated heterocycles. The van der Waals surface area contributed by atoms with Gasteiger partial charge in [0.05, 0.1) is 26.2 Å². The fourth-order valence-electron chi connectivity index (χ4n) is 4.57. The number of phenols is 1. The van der Waals surface area contributed by atoms with Crippen LogP contribution in [0.1, 0.15) is 44.7 Å². The third-order valence-electron chi connectivity index (χ3n) is 6.61. The number of benzene rings is 2. The molecule has 0 unspecified atom stereocenters. The van der Waals surface area contributed by atoms with E-state index in [0.717, 1.165) is 5.56 Å². The topological polar surface area (TPSA) is 114 Å². The number of rotatable bonds is 12. The second-order valence-electron chi connectivity index (χ2n) is 10.9. The van der Waals surface area contributed by atoms with Crippen LogP contribution in [0.25, 0.3) is 0 Å². The van der Waals surface area contributed by atoms with Crippen LogP contribution in [-0.4, -0.2) is 72.8 Å². The second-order valence-corrected chi connectivity index (χ2v) is 10.9. The van der Waals surface area contributed by atoms with E-state index in [4.69, 9.17) is 14.2 Å². The maximum Gasteiger partial charge on any atom is 0.328 e. The van der Waals surface area contributed by atoms with Crippen LogP contribution in [-0.2, 0) is 41.6 Å². The summed E-state index contributed by atoms with van der Waals surface area (Å²) in [5.74, 6) is -1.17. The first-order chi connectivity index (χ1) is 18.6. The van der Waals surface area contributed by atoms with Gasteiger partial charge in [-0.25, -0.2) is 4.79 Å². The zero-order valence-electron chi connectivity index (χ0n) is 23.2. The highest BCUT2D eigenvalue weighted by molar-refractivity contribution is 5.92. The van der Waals surface area contributed by atoms with Gasteiger partial charge < -0.3 is 29.5 Å². The van der Waals surface area contributed by atoms with Crippen LogP contribution < -0.4 is 5.32 Å². The molecule has 0 radical (unpaired) electrons. The van der Waals surface area contributed by atoms with Crippen molar-refractivity contribution in [2.75, 3.05) is 26.9 Å². The molecule has 2 amide bonds. The Morgan fingerprint density at radius 3 is 2.44 bits per heavy atom. The lowest BCUT2D eigenvalue weighted by Gasteiger charge is -2.35. The number of likely N-dealkylation sites (tertiary alicyclic amines) is 1. The molecule has 9 nitrogen and oxygen atoms in total. The van der Waals surface area contributed by atoms with E-state index >= 15 is 0 Å². The Labute approximate surface area is 230 Å². The number of phenolic OH excluding ortho intramolecular Hbond substituents is 1. The summed E-state index contributed by atoms with van der Waals surface area (Å²) in [7, 11) is 1.29. The molecule has 0 aliphatic carbocycles. The SMILES string of the molecule is COC(=O)[C@@H]1C[C@H](OCCCOCc2ccccc2)CN1C(=O)[C@@H](NC(=O)Cc1cccc(O)c1)C(C)(C)C. The lowest BCUT2D eigenvalue weighted by molar-refractivity contribution is -0.153. The largest absolute Gasteiger partial charge is 0.508 e. The first kappa shape index (κ1) is 30.1. The molecule has 3 atom stereocenters. The lowest BCUT2D eigenvalue weighted by Crippen LogP contribution is -2.57. The van der Waals surface area contributed by atoms with E-state index in [1.165, 1.54) is 24.1 Å². The van der Waals surface area contributed by atoms with Crippen molar-refractivity contribution in [3.8, 4) is 5.75 Å². The van der Waals surface area contributed by atoms with E-state index in [0.29, 0.717) is 38.2 Å². The number of hydrogen-bond acceptors (Lipinski definition) is 7. The minimum absolute atomic E-state index is 0.00672. The van der Waals surface area contributed by atoms with Gasteiger partial charge in [-0.2, -0.15) is 0 Å². The molecule has 1 aliphatic heterocycles. The normalized spacial score (nSPS) is 18.0. The smallest absolute Gasteiger partial charge is 0.328 e. The second kappa shape index (κ2) is 14.1. The average molecular weight is 541 g/mol. The number of methoxy groups -OCH3 is 1.